The zero-order chi connectivity index (χ0) is 21.1. The van der Waals surface area contributed by atoms with E-state index in [1.54, 1.807) is 44.4 Å². The molecule has 0 bridgehead atoms. The van der Waals surface area contributed by atoms with E-state index in [-0.39, 0.29) is 23.8 Å². The number of hydrogen-bond acceptors (Lipinski definition) is 5. The van der Waals surface area contributed by atoms with Gasteiger partial charge in [0, 0.05) is 18.3 Å². The van der Waals surface area contributed by atoms with Crippen molar-refractivity contribution in [3.05, 3.63) is 63.5 Å². The lowest BCUT2D eigenvalue weighted by molar-refractivity contribution is -0.116. The molecule has 0 aliphatic rings. The van der Waals surface area contributed by atoms with E-state index in [4.69, 9.17) is 9.15 Å². The fourth-order valence-corrected chi connectivity index (χ4v) is 3.21. The van der Waals surface area contributed by atoms with Gasteiger partial charge in [0.15, 0.2) is 0 Å². The van der Waals surface area contributed by atoms with E-state index < -0.39 is 5.63 Å². The van der Waals surface area contributed by atoms with Gasteiger partial charge in [-0.05, 0) is 61.4 Å². The van der Waals surface area contributed by atoms with Crippen molar-refractivity contribution < 1.29 is 18.7 Å². The van der Waals surface area contributed by atoms with Gasteiger partial charge in [0.25, 0.3) is 0 Å². The van der Waals surface area contributed by atoms with Crippen LogP contribution in [0.5, 0.6) is 5.75 Å². The maximum atomic E-state index is 12.5. The van der Waals surface area contributed by atoms with Gasteiger partial charge in [0.1, 0.15) is 11.3 Å². The minimum absolute atomic E-state index is 0.130. The molecule has 1 heterocycles. The largest absolute Gasteiger partial charge is 0.496 e. The van der Waals surface area contributed by atoms with Crippen LogP contribution in [-0.2, 0) is 16.0 Å². The predicted octanol–water partition coefficient (Wildman–Crippen LogP) is 3.56. The van der Waals surface area contributed by atoms with Gasteiger partial charge in [0.05, 0.1) is 24.5 Å². The van der Waals surface area contributed by atoms with Crippen molar-refractivity contribution in [1.82, 2.24) is 0 Å². The Balaban J connectivity index is 1.86. The molecule has 2 aromatic carbocycles. The molecule has 0 fully saturated rings. The molecule has 0 atom stereocenters. The van der Waals surface area contributed by atoms with Crippen molar-refractivity contribution in [2.45, 2.75) is 27.2 Å². The average Bonchev–Trinajstić information content (AvgIpc) is 2.65. The van der Waals surface area contributed by atoms with Crippen LogP contribution in [0.25, 0.3) is 11.0 Å². The standard InChI is InChI=1S/C22H22N2O5/c1-12-9-18(28-4)21-13(2)17(22(27)29-19(21)10-12)11-20(26)24-16-7-5-15(6-8-16)23-14(3)25/h5-10H,11H2,1-4H3,(H,23,25)(H,24,26). The molecule has 150 valence electrons. The predicted molar refractivity (Wildman–Crippen MR) is 112 cm³/mol. The number of amides is 2. The smallest absolute Gasteiger partial charge is 0.340 e. The van der Waals surface area contributed by atoms with Crippen molar-refractivity contribution in [3.8, 4) is 5.75 Å². The van der Waals surface area contributed by atoms with Crippen LogP contribution in [0.2, 0.25) is 0 Å². The summed E-state index contributed by atoms with van der Waals surface area (Å²) in [7, 11) is 1.55. The van der Waals surface area contributed by atoms with Gasteiger partial charge in [-0.25, -0.2) is 4.79 Å². The number of nitrogens with one attached hydrogen (secondary N) is 2. The van der Waals surface area contributed by atoms with Gasteiger partial charge >= 0.3 is 5.63 Å². The first-order valence-electron chi connectivity index (χ1n) is 9.07. The molecule has 7 nitrogen and oxygen atoms in total. The van der Waals surface area contributed by atoms with Crippen molar-refractivity contribution in [2.75, 3.05) is 17.7 Å². The summed E-state index contributed by atoms with van der Waals surface area (Å²) in [6.07, 6.45) is -0.130. The second kappa shape index (κ2) is 8.18. The molecule has 3 aromatic rings. The first kappa shape index (κ1) is 20.1. The number of aryl methyl sites for hydroxylation is 2. The Hall–Kier alpha value is -3.61. The third-order valence-electron chi connectivity index (χ3n) is 4.53. The van der Waals surface area contributed by atoms with E-state index in [2.05, 4.69) is 10.6 Å². The fraction of sp³-hybridized carbons (Fsp3) is 0.227. The zero-order valence-corrected chi connectivity index (χ0v) is 16.7. The molecule has 3 rings (SSSR count). The molecule has 0 aliphatic heterocycles. The molecule has 0 radical (unpaired) electrons. The number of hydrogen-bond donors (Lipinski definition) is 2. The van der Waals surface area contributed by atoms with Gasteiger partial charge < -0.3 is 19.8 Å². The summed E-state index contributed by atoms with van der Waals surface area (Å²) in [6, 6.07) is 10.3. The molecular formula is C22H22N2O5. The molecular weight excluding hydrogens is 372 g/mol. The van der Waals surface area contributed by atoms with Crippen LogP contribution < -0.4 is 21.0 Å². The van der Waals surface area contributed by atoms with E-state index in [1.165, 1.54) is 6.92 Å². The van der Waals surface area contributed by atoms with E-state index in [0.29, 0.717) is 33.7 Å². The molecule has 2 N–H and O–H groups in total. The zero-order valence-electron chi connectivity index (χ0n) is 16.7. The number of ether oxygens (including phenoxy) is 1. The lowest BCUT2D eigenvalue weighted by atomic mass is 10.0. The summed E-state index contributed by atoms with van der Waals surface area (Å²) in [5, 5.41) is 6.08. The molecule has 29 heavy (non-hydrogen) atoms. The van der Waals surface area contributed by atoms with Gasteiger partial charge in [-0.3, -0.25) is 9.59 Å². The van der Waals surface area contributed by atoms with E-state index in [1.807, 2.05) is 13.0 Å². The highest BCUT2D eigenvalue weighted by molar-refractivity contribution is 5.95. The molecule has 0 spiro atoms. The number of carbonyl (C=O) groups is 2. The third-order valence-corrected chi connectivity index (χ3v) is 4.53. The number of anilines is 2. The number of fused-ring (bicyclic) bond motifs is 1. The van der Waals surface area contributed by atoms with E-state index >= 15 is 0 Å². The molecule has 0 saturated heterocycles. The SMILES string of the molecule is COc1cc(C)cc2oc(=O)c(CC(=O)Nc3ccc(NC(C)=O)cc3)c(C)c12. The number of benzene rings is 2. The average molecular weight is 394 g/mol. The van der Waals surface area contributed by atoms with Gasteiger partial charge in [0.2, 0.25) is 11.8 Å². The minimum Gasteiger partial charge on any atom is -0.496 e. The Kier molecular flexibility index (Phi) is 5.68. The Labute approximate surface area is 167 Å². The highest BCUT2D eigenvalue weighted by Gasteiger charge is 2.18. The summed E-state index contributed by atoms with van der Waals surface area (Å²) >= 11 is 0. The normalized spacial score (nSPS) is 10.6. The van der Waals surface area contributed by atoms with E-state index in [0.717, 1.165) is 5.56 Å². The highest BCUT2D eigenvalue weighted by atomic mass is 16.5. The van der Waals surface area contributed by atoms with Crippen LogP contribution in [0.15, 0.2) is 45.6 Å². The maximum absolute atomic E-state index is 12.5. The van der Waals surface area contributed by atoms with Gasteiger partial charge in [-0.1, -0.05) is 0 Å². The van der Waals surface area contributed by atoms with Crippen LogP contribution in [0.4, 0.5) is 11.4 Å². The van der Waals surface area contributed by atoms with Crippen LogP contribution >= 0.6 is 0 Å². The number of rotatable bonds is 5. The number of carbonyl (C=O) groups excluding carboxylic acids is 2. The van der Waals surface area contributed by atoms with Gasteiger partial charge in [-0.15, -0.1) is 0 Å². The van der Waals surface area contributed by atoms with Crippen molar-refractivity contribution in [3.63, 3.8) is 0 Å². The summed E-state index contributed by atoms with van der Waals surface area (Å²) in [5.74, 6) is 0.0699. The van der Waals surface area contributed by atoms with E-state index in [9.17, 15) is 14.4 Å². The summed E-state index contributed by atoms with van der Waals surface area (Å²) in [5.41, 5.74) is 2.92. The third kappa shape index (κ3) is 4.45. The summed E-state index contributed by atoms with van der Waals surface area (Å²) in [4.78, 5) is 36.0. The minimum atomic E-state index is -0.543. The van der Waals surface area contributed by atoms with Crippen molar-refractivity contribution in [2.24, 2.45) is 0 Å². The Morgan fingerprint density at radius 3 is 2.24 bits per heavy atom. The molecule has 7 heteroatoms. The molecule has 0 aliphatic carbocycles. The Morgan fingerprint density at radius 2 is 1.66 bits per heavy atom. The van der Waals surface area contributed by atoms with Crippen LogP contribution in [0.1, 0.15) is 23.6 Å². The number of methoxy groups -OCH3 is 1. The summed E-state index contributed by atoms with van der Waals surface area (Å²) in [6.45, 7) is 5.08. The lowest BCUT2D eigenvalue weighted by Crippen LogP contribution is -2.20. The van der Waals surface area contributed by atoms with Crippen LogP contribution in [0.3, 0.4) is 0 Å². The highest BCUT2D eigenvalue weighted by Crippen LogP contribution is 2.30. The molecule has 2 amide bonds. The summed E-state index contributed by atoms with van der Waals surface area (Å²) < 4.78 is 10.9. The molecule has 1 aromatic heterocycles. The fourth-order valence-electron chi connectivity index (χ4n) is 3.21. The molecule has 0 unspecified atom stereocenters. The second-order valence-corrected chi connectivity index (χ2v) is 6.82. The van der Waals surface area contributed by atoms with Gasteiger partial charge in [-0.2, -0.15) is 0 Å². The topological polar surface area (TPSA) is 97.6 Å². The maximum Gasteiger partial charge on any atom is 0.340 e. The Bertz CT molecular complexity index is 1150. The Morgan fingerprint density at radius 1 is 1.03 bits per heavy atom. The first-order valence-corrected chi connectivity index (χ1v) is 9.07. The quantitative estimate of drug-likeness (QED) is 0.645. The lowest BCUT2D eigenvalue weighted by Gasteiger charge is -2.12. The van der Waals surface area contributed by atoms with Crippen molar-refractivity contribution in [1.29, 1.82) is 0 Å². The molecule has 0 saturated carbocycles. The first-order chi connectivity index (χ1) is 13.8. The second-order valence-electron chi connectivity index (χ2n) is 6.82. The van der Waals surface area contributed by atoms with Crippen LogP contribution in [-0.4, -0.2) is 18.9 Å². The van der Waals surface area contributed by atoms with Crippen molar-refractivity contribution >= 4 is 34.2 Å². The van der Waals surface area contributed by atoms with Crippen LogP contribution in [0, 0.1) is 13.8 Å². The monoisotopic (exact) mass is 394 g/mol.